The molecule has 0 fully saturated rings. The zero-order chi connectivity index (χ0) is 14.5. The summed E-state index contributed by atoms with van der Waals surface area (Å²) in [6.07, 6.45) is 1.19. The molecule has 0 bridgehead atoms. The van der Waals surface area contributed by atoms with Gasteiger partial charge in [0.2, 0.25) is 0 Å². The van der Waals surface area contributed by atoms with Crippen LogP contribution in [0, 0.1) is 11.3 Å². The molecular weight excluding hydrogens is 252 g/mol. The predicted molar refractivity (Wildman–Crippen MR) is 86.5 cm³/mol. The average molecular weight is 282 g/mol. The number of nitrogens with two attached hydrogens (primary N) is 1. The van der Waals surface area contributed by atoms with Crippen LogP contribution in [-0.2, 0) is 6.54 Å². The topological polar surface area (TPSA) is 29.3 Å². The van der Waals surface area contributed by atoms with Crippen LogP contribution in [-0.4, -0.2) is 24.0 Å². The molecule has 1 unspecified atom stereocenters. The summed E-state index contributed by atoms with van der Waals surface area (Å²) in [6.45, 7) is 14.4. The third kappa shape index (κ3) is 6.55. The highest BCUT2D eigenvalue weighted by molar-refractivity contribution is 7.09. The Kier molecular flexibility index (Phi) is 6.51. The molecule has 0 aliphatic heterocycles. The monoisotopic (exact) mass is 282 g/mol. The second kappa shape index (κ2) is 7.41. The van der Waals surface area contributed by atoms with Gasteiger partial charge in [-0.25, -0.2) is 0 Å². The van der Waals surface area contributed by atoms with Crippen molar-refractivity contribution in [2.45, 2.75) is 53.6 Å². The third-order valence-electron chi connectivity index (χ3n) is 3.40. The van der Waals surface area contributed by atoms with E-state index in [-0.39, 0.29) is 0 Å². The molecule has 1 rings (SSSR count). The highest BCUT2D eigenvalue weighted by atomic mass is 32.1. The highest BCUT2D eigenvalue weighted by Gasteiger charge is 2.21. The molecule has 0 aliphatic carbocycles. The summed E-state index contributed by atoms with van der Waals surface area (Å²) in [7, 11) is 0. The second-order valence-electron chi connectivity index (χ2n) is 6.97. The molecule has 3 heteroatoms. The lowest BCUT2D eigenvalue weighted by Gasteiger charge is -2.33. The molecule has 1 heterocycles. The zero-order valence-electron chi connectivity index (χ0n) is 13.1. The van der Waals surface area contributed by atoms with Gasteiger partial charge in [-0.2, -0.15) is 0 Å². The molecule has 0 spiro atoms. The van der Waals surface area contributed by atoms with Crippen LogP contribution in [0.15, 0.2) is 17.5 Å². The fraction of sp³-hybridized carbons (Fsp3) is 0.750. The lowest BCUT2D eigenvalue weighted by Crippen LogP contribution is -2.38. The van der Waals surface area contributed by atoms with Crippen LogP contribution in [0.2, 0.25) is 0 Å². The lowest BCUT2D eigenvalue weighted by molar-refractivity contribution is 0.157. The predicted octanol–water partition coefficient (Wildman–Crippen LogP) is 3.97. The van der Waals surface area contributed by atoms with Gasteiger partial charge in [0.1, 0.15) is 0 Å². The SMILES string of the molecule is CC(C)N(Cc1cccs1)CC(CN)CC(C)(C)C. The minimum absolute atomic E-state index is 0.357. The maximum absolute atomic E-state index is 5.98. The summed E-state index contributed by atoms with van der Waals surface area (Å²) in [5, 5.41) is 2.16. The van der Waals surface area contributed by atoms with Crippen LogP contribution in [0.1, 0.15) is 45.9 Å². The van der Waals surface area contributed by atoms with E-state index in [1.54, 1.807) is 0 Å². The van der Waals surface area contributed by atoms with Gasteiger partial charge in [0, 0.05) is 24.0 Å². The van der Waals surface area contributed by atoms with Gasteiger partial charge >= 0.3 is 0 Å². The van der Waals surface area contributed by atoms with Crippen molar-refractivity contribution >= 4 is 11.3 Å². The Morgan fingerprint density at radius 3 is 2.42 bits per heavy atom. The van der Waals surface area contributed by atoms with Crippen LogP contribution in [0.5, 0.6) is 0 Å². The standard InChI is InChI=1S/C16H30N2S/c1-13(2)18(12-15-7-6-8-19-15)11-14(10-17)9-16(3,4)5/h6-8,13-14H,9-12,17H2,1-5H3. The number of rotatable bonds is 7. The Labute approximate surface area is 123 Å². The van der Waals surface area contributed by atoms with Gasteiger partial charge in [0.25, 0.3) is 0 Å². The van der Waals surface area contributed by atoms with Crippen LogP contribution in [0.25, 0.3) is 0 Å². The van der Waals surface area contributed by atoms with Gasteiger partial charge in [-0.15, -0.1) is 11.3 Å². The molecule has 1 aromatic rings. The van der Waals surface area contributed by atoms with E-state index in [0.717, 1.165) is 19.6 Å². The van der Waals surface area contributed by atoms with Gasteiger partial charge in [-0.05, 0) is 49.6 Å². The first-order chi connectivity index (χ1) is 8.81. The summed E-state index contributed by atoms with van der Waals surface area (Å²) < 4.78 is 0. The summed E-state index contributed by atoms with van der Waals surface area (Å²) in [4.78, 5) is 4.00. The zero-order valence-corrected chi connectivity index (χ0v) is 14.0. The fourth-order valence-corrected chi connectivity index (χ4v) is 3.21. The van der Waals surface area contributed by atoms with Crippen LogP contribution < -0.4 is 5.73 Å². The van der Waals surface area contributed by atoms with E-state index in [2.05, 4.69) is 57.0 Å². The second-order valence-corrected chi connectivity index (χ2v) is 8.00. The van der Waals surface area contributed by atoms with Crippen molar-refractivity contribution in [3.63, 3.8) is 0 Å². The van der Waals surface area contributed by atoms with Crippen molar-refractivity contribution < 1.29 is 0 Å². The van der Waals surface area contributed by atoms with E-state index < -0.39 is 0 Å². The number of hydrogen-bond donors (Lipinski definition) is 1. The van der Waals surface area contributed by atoms with Crippen molar-refractivity contribution in [3.8, 4) is 0 Å². The molecule has 19 heavy (non-hydrogen) atoms. The summed E-state index contributed by atoms with van der Waals surface area (Å²) in [5.74, 6) is 0.586. The van der Waals surface area contributed by atoms with Crippen molar-refractivity contribution in [2.24, 2.45) is 17.1 Å². The molecule has 0 amide bonds. The van der Waals surface area contributed by atoms with Crippen molar-refractivity contribution in [2.75, 3.05) is 13.1 Å². The molecule has 2 N–H and O–H groups in total. The minimum Gasteiger partial charge on any atom is -0.330 e. The third-order valence-corrected chi connectivity index (χ3v) is 4.26. The van der Waals surface area contributed by atoms with Crippen molar-refractivity contribution in [1.29, 1.82) is 0 Å². The normalized spacial score (nSPS) is 14.3. The van der Waals surface area contributed by atoms with E-state index in [9.17, 15) is 0 Å². The van der Waals surface area contributed by atoms with Gasteiger partial charge in [-0.3, -0.25) is 4.90 Å². The molecular formula is C16H30N2S. The largest absolute Gasteiger partial charge is 0.330 e. The van der Waals surface area contributed by atoms with Crippen LogP contribution in [0.4, 0.5) is 0 Å². The molecule has 110 valence electrons. The first kappa shape index (κ1) is 16.7. The van der Waals surface area contributed by atoms with Gasteiger partial charge < -0.3 is 5.73 Å². The number of nitrogens with zero attached hydrogens (tertiary/aromatic N) is 1. The highest BCUT2D eigenvalue weighted by Crippen LogP contribution is 2.25. The number of thiophene rings is 1. The van der Waals surface area contributed by atoms with E-state index in [4.69, 9.17) is 5.73 Å². The van der Waals surface area contributed by atoms with Crippen LogP contribution >= 0.6 is 11.3 Å². The first-order valence-corrected chi connectivity index (χ1v) is 8.16. The minimum atomic E-state index is 0.357. The molecule has 1 atom stereocenters. The quantitative estimate of drug-likeness (QED) is 0.820. The Morgan fingerprint density at radius 1 is 1.32 bits per heavy atom. The Hall–Kier alpha value is -0.380. The van der Waals surface area contributed by atoms with Crippen LogP contribution in [0.3, 0.4) is 0 Å². The molecule has 1 aromatic heterocycles. The Bertz CT molecular complexity index is 338. The van der Waals surface area contributed by atoms with Gasteiger partial charge in [0.05, 0.1) is 0 Å². The Morgan fingerprint density at radius 2 is 2.00 bits per heavy atom. The maximum Gasteiger partial charge on any atom is 0.0330 e. The molecule has 0 saturated heterocycles. The summed E-state index contributed by atoms with van der Waals surface area (Å²) >= 11 is 1.84. The van der Waals surface area contributed by atoms with Gasteiger partial charge in [-0.1, -0.05) is 26.8 Å². The molecule has 2 nitrogen and oxygen atoms in total. The average Bonchev–Trinajstić information content (AvgIpc) is 2.77. The maximum atomic E-state index is 5.98. The van der Waals surface area contributed by atoms with Crippen molar-refractivity contribution in [3.05, 3.63) is 22.4 Å². The summed E-state index contributed by atoms with van der Waals surface area (Å²) in [5.41, 5.74) is 6.33. The molecule has 0 aliphatic rings. The van der Waals surface area contributed by atoms with E-state index >= 15 is 0 Å². The van der Waals surface area contributed by atoms with Gasteiger partial charge in [0.15, 0.2) is 0 Å². The summed E-state index contributed by atoms with van der Waals surface area (Å²) in [6, 6.07) is 4.92. The fourth-order valence-electron chi connectivity index (χ4n) is 2.48. The lowest BCUT2D eigenvalue weighted by atomic mass is 9.84. The molecule has 0 radical (unpaired) electrons. The smallest absolute Gasteiger partial charge is 0.0330 e. The molecule has 0 aromatic carbocycles. The van der Waals surface area contributed by atoms with E-state index in [1.165, 1.54) is 11.3 Å². The first-order valence-electron chi connectivity index (χ1n) is 7.28. The number of hydrogen-bond acceptors (Lipinski definition) is 3. The van der Waals surface area contributed by atoms with E-state index in [1.807, 2.05) is 11.3 Å². The molecule has 0 saturated carbocycles. The van der Waals surface area contributed by atoms with Crippen molar-refractivity contribution in [1.82, 2.24) is 4.90 Å². The van der Waals surface area contributed by atoms with E-state index in [0.29, 0.717) is 17.4 Å². The Balaban J connectivity index is 2.61.